The highest BCUT2D eigenvalue weighted by Crippen LogP contribution is 2.22. The zero-order chi connectivity index (χ0) is 10.4. The summed E-state index contributed by atoms with van der Waals surface area (Å²) in [6.45, 7) is 6.37. The monoisotopic (exact) mass is 200 g/mol. The second-order valence-electron chi connectivity index (χ2n) is 4.50. The molecule has 3 atom stereocenters. The van der Waals surface area contributed by atoms with Crippen LogP contribution in [0.1, 0.15) is 39.5 Å². The Morgan fingerprint density at radius 1 is 1.57 bits per heavy atom. The largest absolute Gasteiger partial charge is 0.381 e. The lowest BCUT2D eigenvalue weighted by molar-refractivity contribution is 0.177. The van der Waals surface area contributed by atoms with Crippen LogP contribution < -0.4 is 11.3 Å². The molecule has 0 aliphatic carbocycles. The summed E-state index contributed by atoms with van der Waals surface area (Å²) in [5.74, 6) is 6.98. The average Bonchev–Trinajstić information content (AvgIpc) is 2.66. The topological polar surface area (TPSA) is 47.3 Å². The SMILES string of the molecule is CCCC(C)C(CC1CCOC1)NN. The maximum atomic E-state index is 5.59. The minimum atomic E-state index is 0.460. The van der Waals surface area contributed by atoms with Crippen LogP contribution in [-0.4, -0.2) is 19.3 Å². The normalized spacial score (nSPS) is 26.4. The molecule has 3 unspecified atom stereocenters. The second-order valence-corrected chi connectivity index (χ2v) is 4.50. The first kappa shape index (κ1) is 12.0. The highest BCUT2D eigenvalue weighted by molar-refractivity contribution is 4.76. The number of hydrazine groups is 1. The molecule has 0 spiro atoms. The van der Waals surface area contributed by atoms with Crippen molar-refractivity contribution in [2.75, 3.05) is 13.2 Å². The van der Waals surface area contributed by atoms with Crippen LogP contribution in [0, 0.1) is 11.8 Å². The van der Waals surface area contributed by atoms with Crippen molar-refractivity contribution in [3.05, 3.63) is 0 Å². The zero-order valence-corrected chi connectivity index (χ0v) is 9.46. The van der Waals surface area contributed by atoms with Gasteiger partial charge in [-0.3, -0.25) is 11.3 Å². The van der Waals surface area contributed by atoms with Crippen LogP contribution >= 0.6 is 0 Å². The fourth-order valence-corrected chi connectivity index (χ4v) is 2.25. The summed E-state index contributed by atoms with van der Waals surface area (Å²) in [5.41, 5.74) is 2.96. The predicted molar refractivity (Wildman–Crippen MR) is 58.7 cm³/mol. The van der Waals surface area contributed by atoms with E-state index in [0.717, 1.165) is 25.6 Å². The Morgan fingerprint density at radius 2 is 2.36 bits per heavy atom. The van der Waals surface area contributed by atoms with Gasteiger partial charge in [-0.25, -0.2) is 0 Å². The molecule has 1 aliphatic heterocycles. The molecule has 3 N–H and O–H groups in total. The number of ether oxygens (including phenoxy) is 1. The summed E-state index contributed by atoms with van der Waals surface area (Å²) < 4.78 is 5.37. The van der Waals surface area contributed by atoms with Gasteiger partial charge in [0.1, 0.15) is 0 Å². The lowest BCUT2D eigenvalue weighted by Gasteiger charge is -2.25. The van der Waals surface area contributed by atoms with E-state index in [-0.39, 0.29) is 0 Å². The van der Waals surface area contributed by atoms with Crippen molar-refractivity contribution < 1.29 is 4.74 Å². The van der Waals surface area contributed by atoms with E-state index >= 15 is 0 Å². The summed E-state index contributed by atoms with van der Waals surface area (Å²) in [6, 6.07) is 0.460. The fourth-order valence-electron chi connectivity index (χ4n) is 2.25. The summed E-state index contributed by atoms with van der Waals surface area (Å²) in [4.78, 5) is 0. The van der Waals surface area contributed by atoms with Crippen molar-refractivity contribution in [1.29, 1.82) is 0 Å². The molecule has 3 heteroatoms. The standard InChI is InChI=1S/C11H24N2O/c1-3-4-9(2)11(13-12)7-10-5-6-14-8-10/h9-11,13H,3-8,12H2,1-2H3. The third-order valence-corrected chi connectivity index (χ3v) is 3.26. The molecule has 1 fully saturated rings. The van der Waals surface area contributed by atoms with E-state index in [1.807, 2.05) is 0 Å². The molecule has 0 aromatic heterocycles. The van der Waals surface area contributed by atoms with Gasteiger partial charge in [-0.2, -0.15) is 0 Å². The third kappa shape index (κ3) is 3.56. The van der Waals surface area contributed by atoms with Gasteiger partial charge in [0, 0.05) is 19.3 Å². The molecule has 1 aliphatic rings. The van der Waals surface area contributed by atoms with Crippen LogP contribution in [0.5, 0.6) is 0 Å². The smallest absolute Gasteiger partial charge is 0.0495 e. The molecule has 0 amide bonds. The van der Waals surface area contributed by atoms with E-state index < -0.39 is 0 Å². The summed E-state index contributed by atoms with van der Waals surface area (Å²) in [7, 11) is 0. The van der Waals surface area contributed by atoms with E-state index in [1.54, 1.807) is 0 Å². The first-order chi connectivity index (χ1) is 6.77. The summed E-state index contributed by atoms with van der Waals surface area (Å²) in [6.07, 6.45) is 4.86. The summed E-state index contributed by atoms with van der Waals surface area (Å²) in [5, 5.41) is 0. The molecule has 0 radical (unpaired) electrons. The van der Waals surface area contributed by atoms with Crippen molar-refractivity contribution >= 4 is 0 Å². The van der Waals surface area contributed by atoms with Crippen LogP contribution in [0.2, 0.25) is 0 Å². The minimum Gasteiger partial charge on any atom is -0.381 e. The lowest BCUT2D eigenvalue weighted by atomic mass is 9.89. The van der Waals surface area contributed by atoms with Gasteiger partial charge in [-0.1, -0.05) is 20.3 Å². The van der Waals surface area contributed by atoms with Crippen molar-refractivity contribution in [3.8, 4) is 0 Å². The average molecular weight is 200 g/mol. The molecule has 0 saturated carbocycles. The number of rotatable bonds is 6. The zero-order valence-electron chi connectivity index (χ0n) is 9.46. The van der Waals surface area contributed by atoms with Crippen LogP contribution in [0.25, 0.3) is 0 Å². The Hall–Kier alpha value is -0.120. The molecule has 1 saturated heterocycles. The minimum absolute atomic E-state index is 0.460. The second kappa shape index (κ2) is 6.38. The highest BCUT2D eigenvalue weighted by Gasteiger charge is 2.23. The lowest BCUT2D eigenvalue weighted by Crippen LogP contribution is -2.41. The van der Waals surface area contributed by atoms with Crippen LogP contribution in [0.15, 0.2) is 0 Å². The highest BCUT2D eigenvalue weighted by atomic mass is 16.5. The van der Waals surface area contributed by atoms with Crippen molar-refractivity contribution in [1.82, 2.24) is 5.43 Å². The van der Waals surface area contributed by atoms with E-state index in [1.165, 1.54) is 19.3 Å². The number of nitrogens with two attached hydrogens (primary N) is 1. The molecule has 14 heavy (non-hydrogen) atoms. The molecular formula is C11H24N2O. The fraction of sp³-hybridized carbons (Fsp3) is 1.00. The Morgan fingerprint density at radius 3 is 2.86 bits per heavy atom. The molecule has 3 nitrogen and oxygen atoms in total. The van der Waals surface area contributed by atoms with Gasteiger partial charge in [0.2, 0.25) is 0 Å². The molecule has 0 aromatic rings. The van der Waals surface area contributed by atoms with Gasteiger partial charge < -0.3 is 4.74 Å². The first-order valence-corrected chi connectivity index (χ1v) is 5.81. The third-order valence-electron chi connectivity index (χ3n) is 3.26. The molecule has 0 aromatic carbocycles. The molecule has 84 valence electrons. The molecule has 0 bridgehead atoms. The predicted octanol–water partition coefficient (Wildman–Crippen LogP) is 1.68. The van der Waals surface area contributed by atoms with E-state index in [4.69, 9.17) is 10.6 Å². The van der Waals surface area contributed by atoms with E-state index in [9.17, 15) is 0 Å². The Kier molecular flexibility index (Phi) is 5.45. The van der Waals surface area contributed by atoms with Crippen molar-refractivity contribution in [2.24, 2.45) is 17.7 Å². The van der Waals surface area contributed by atoms with E-state index in [2.05, 4.69) is 19.3 Å². The van der Waals surface area contributed by atoms with Gasteiger partial charge in [-0.05, 0) is 31.1 Å². The Balaban J connectivity index is 2.29. The van der Waals surface area contributed by atoms with Crippen LogP contribution in [-0.2, 0) is 4.74 Å². The maximum absolute atomic E-state index is 5.59. The Labute approximate surface area is 87.4 Å². The summed E-state index contributed by atoms with van der Waals surface area (Å²) >= 11 is 0. The van der Waals surface area contributed by atoms with Crippen LogP contribution in [0.3, 0.4) is 0 Å². The molecule has 1 rings (SSSR count). The van der Waals surface area contributed by atoms with Gasteiger partial charge in [0.25, 0.3) is 0 Å². The number of nitrogens with one attached hydrogen (secondary N) is 1. The van der Waals surface area contributed by atoms with Crippen molar-refractivity contribution in [2.45, 2.75) is 45.6 Å². The van der Waals surface area contributed by atoms with E-state index in [0.29, 0.717) is 12.0 Å². The maximum Gasteiger partial charge on any atom is 0.0495 e. The first-order valence-electron chi connectivity index (χ1n) is 5.81. The van der Waals surface area contributed by atoms with Gasteiger partial charge in [-0.15, -0.1) is 0 Å². The van der Waals surface area contributed by atoms with Crippen LogP contribution in [0.4, 0.5) is 0 Å². The van der Waals surface area contributed by atoms with Gasteiger partial charge >= 0.3 is 0 Å². The Bertz CT molecular complexity index is 146. The van der Waals surface area contributed by atoms with Gasteiger partial charge in [0.05, 0.1) is 0 Å². The number of hydrogen-bond donors (Lipinski definition) is 2. The number of hydrogen-bond acceptors (Lipinski definition) is 3. The quantitative estimate of drug-likeness (QED) is 0.506. The van der Waals surface area contributed by atoms with Crippen molar-refractivity contribution in [3.63, 3.8) is 0 Å². The molecule has 1 heterocycles. The van der Waals surface area contributed by atoms with Gasteiger partial charge in [0.15, 0.2) is 0 Å². The molecular weight excluding hydrogens is 176 g/mol.